The molecule has 0 saturated heterocycles. The van der Waals surface area contributed by atoms with E-state index in [-0.39, 0.29) is 0 Å². The summed E-state index contributed by atoms with van der Waals surface area (Å²) in [6, 6.07) is 0.395. The molecule has 3 nitrogen and oxygen atoms in total. The van der Waals surface area contributed by atoms with Crippen molar-refractivity contribution in [3.8, 4) is 0 Å². The molecule has 15 heavy (non-hydrogen) atoms. The molecule has 1 heterocycles. The minimum atomic E-state index is 0.395. The summed E-state index contributed by atoms with van der Waals surface area (Å²) in [6.45, 7) is 7.63. The van der Waals surface area contributed by atoms with Crippen molar-refractivity contribution in [2.24, 2.45) is 5.92 Å². The molecule has 0 saturated carbocycles. The van der Waals surface area contributed by atoms with E-state index in [4.69, 9.17) is 0 Å². The van der Waals surface area contributed by atoms with Crippen LogP contribution < -0.4 is 5.32 Å². The van der Waals surface area contributed by atoms with E-state index in [0.717, 1.165) is 18.9 Å². The highest BCUT2D eigenvalue weighted by atomic mass is 14.9. The molecule has 1 rings (SSSR count). The first kappa shape index (κ1) is 12.1. The van der Waals surface area contributed by atoms with Crippen LogP contribution >= 0.6 is 0 Å². The Labute approximate surface area is 92.3 Å². The molecule has 0 radical (unpaired) electrons. The molecule has 0 aliphatic rings. The molecule has 0 spiro atoms. The van der Waals surface area contributed by atoms with Gasteiger partial charge in [0.1, 0.15) is 6.33 Å². The second-order valence-electron chi connectivity index (χ2n) is 4.03. The van der Waals surface area contributed by atoms with Crippen molar-refractivity contribution in [3.05, 3.63) is 24.3 Å². The number of hydrogen-bond donors (Lipinski definition) is 1. The molecule has 0 fully saturated rings. The maximum absolute atomic E-state index is 4.07. The Hall–Kier alpha value is -0.960. The summed E-state index contributed by atoms with van der Waals surface area (Å²) >= 11 is 0. The highest BCUT2D eigenvalue weighted by Crippen LogP contribution is 2.21. The molecule has 0 aliphatic carbocycles. The van der Waals surface area contributed by atoms with Crippen LogP contribution in [0.4, 0.5) is 0 Å². The van der Waals surface area contributed by atoms with Gasteiger partial charge in [0.05, 0.1) is 0 Å². The van der Waals surface area contributed by atoms with Crippen LogP contribution in [-0.4, -0.2) is 16.5 Å². The fourth-order valence-electron chi connectivity index (χ4n) is 1.64. The van der Waals surface area contributed by atoms with Gasteiger partial charge in [-0.05, 0) is 18.9 Å². The molecule has 3 heteroatoms. The van der Waals surface area contributed by atoms with Crippen LogP contribution in [0, 0.1) is 5.92 Å². The normalized spacial score (nSPS) is 14.9. The number of nitrogens with one attached hydrogen (secondary N) is 1. The van der Waals surface area contributed by atoms with Gasteiger partial charge in [-0.3, -0.25) is 0 Å². The Morgan fingerprint density at radius 2 is 1.93 bits per heavy atom. The predicted octanol–water partition coefficient (Wildman–Crippen LogP) is 2.56. The highest BCUT2D eigenvalue weighted by Gasteiger charge is 2.13. The lowest BCUT2D eigenvalue weighted by Gasteiger charge is -2.20. The number of nitrogens with zero attached hydrogens (tertiary/aromatic N) is 2. The van der Waals surface area contributed by atoms with E-state index < -0.39 is 0 Å². The summed E-state index contributed by atoms with van der Waals surface area (Å²) < 4.78 is 0. The Morgan fingerprint density at radius 3 is 2.47 bits per heavy atom. The van der Waals surface area contributed by atoms with Crippen LogP contribution in [0.2, 0.25) is 0 Å². The molecule has 0 aromatic carbocycles. The van der Waals surface area contributed by atoms with Gasteiger partial charge in [-0.25, -0.2) is 9.97 Å². The molecule has 1 aromatic rings. The maximum Gasteiger partial charge on any atom is 0.115 e. The van der Waals surface area contributed by atoms with Crippen molar-refractivity contribution in [2.75, 3.05) is 6.54 Å². The topological polar surface area (TPSA) is 37.8 Å². The van der Waals surface area contributed by atoms with Crippen molar-refractivity contribution in [3.63, 3.8) is 0 Å². The van der Waals surface area contributed by atoms with E-state index in [1.807, 2.05) is 12.4 Å². The van der Waals surface area contributed by atoms with Crippen molar-refractivity contribution in [1.82, 2.24) is 15.3 Å². The molecule has 0 amide bonds. The minimum absolute atomic E-state index is 0.395. The van der Waals surface area contributed by atoms with Crippen LogP contribution in [-0.2, 0) is 0 Å². The third-order valence-electron chi connectivity index (χ3n) is 2.77. The molecule has 0 bridgehead atoms. The van der Waals surface area contributed by atoms with Gasteiger partial charge >= 0.3 is 0 Å². The lowest BCUT2D eigenvalue weighted by molar-refractivity contribution is 0.407. The minimum Gasteiger partial charge on any atom is -0.310 e. The Kier molecular flexibility index (Phi) is 5.26. The second kappa shape index (κ2) is 6.51. The van der Waals surface area contributed by atoms with Crippen molar-refractivity contribution in [2.45, 2.75) is 39.7 Å². The van der Waals surface area contributed by atoms with Crippen LogP contribution in [0.1, 0.15) is 45.2 Å². The summed E-state index contributed by atoms with van der Waals surface area (Å²) in [7, 11) is 0. The van der Waals surface area contributed by atoms with Crippen LogP contribution in [0.3, 0.4) is 0 Å². The second-order valence-corrected chi connectivity index (χ2v) is 4.03. The van der Waals surface area contributed by atoms with Gasteiger partial charge < -0.3 is 5.32 Å². The summed E-state index contributed by atoms with van der Waals surface area (Å²) in [5.41, 5.74) is 1.19. The van der Waals surface area contributed by atoms with E-state index in [9.17, 15) is 0 Å². The van der Waals surface area contributed by atoms with Crippen LogP contribution in [0.5, 0.6) is 0 Å². The molecular formula is C12H21N3. The molecule has 2 atom stereocenters. The molecule has 84 valence electrons. The van der Waals surface area contributed by atoms with E-state index in [0.29, 0.717) is 6.04 Å². The van der Waals surface area contributed by atoms with Crippen LogP contribution in [0.15, 0.2) is 18.7 Å². The predicted molar refractivity (Wildman–Crippen MR) is 62.5 cm³/mol. The molecule has 1 aromatic heterocycles. The Morgan fingerprint density at radius 1 is 1.27 bits per heavy atom. The first-order valence-electron chi connectivity index (χ1n) is 5.76. The number of hydrogen-bond acceptors (Lipinski definition) is 3. The quantitative estimate of drug-likeness (QED) is 0.779. The van der Waals surface area contributed by atoms with Gasteiger partial charge in [-0.15, -0.1) is 0 Å². The first-order valence-corrected chi connectivity index (χ1v) is 5.76. The van der Waals surface area contributed by atoms with E-state index in [2.05, 4.69) is 36.1 Å². The Bertz CT molecular complexity index is 261. The monoisotopic (exact) mass is 207 g/mol. The van der Waals surface area contributed by atoms with Crippen molar-refractivity contribution < 1.29 is 0 Å². The zero-order valence-electron chi connectivity index (χ0n) is 9.90. The summed E-state index contributed by atoms with van der Waals surface area (Å²) in [6.07, 6.45) is 7.76. The molecule has 1 N–H and O–H groups in total. The summed E-state index contributed by atoms with van der Waals surface area (Å²) in [5.74, 6) is 0.731. The lowest BCUT2D eigenvalue weighted by atomic mass is 9.96. The third kappa shape index (κ3) is 3.96. The zero-order chi connectivity index (χ0) is 11.1. The third-order valence-corrected chi connectivity index (χ3v) is 2.77. The largest absolute Gasteiger partial charge is 0.310 e. The smallest absolute Gasteiger partial charge is 0.115 e. The van der Waals surface area contributed by atoms with E-state index in [1.165, 1.54) is 12.0 Å². The van der Waals surface area contributed by atoms with E-state index in [1.54, 1.807) is 6.33 Å². The molecule has 0 aliphatic heterocycles. The lowest BCUT2D eigenvalue weighted by Crippen LogP contribution is -2.23. The Balaban J connectivity index is 2.65. The maximum atomic E-state index is 4.07. The summed E-state index contributed by atoms with van der Waals surface area (Å²) in [4.78, 5) is 8.14. The number of aromatic nitrogens is 2. The van der Waals surface area contributed by atoms with Gasteiger partial charge in [-0.2, -0.15) is 0 Å². The van der Waals surface area contributed by atoms with Gasteiger partial charge in [0.15, 0.2) is 0 Å². The van der Waals surface area contributed by atoms with Gasteiger partial charge in [0.25, 0.3) is 0 Å². The zero-order valence-corrected chi connectivity index (χ0v) is 9.90. The standard InChI is InChI=1S/C12H21N3/c1-4-10(3)6-12(15-5-2)11-7-13-9-14-8-11/h7-10,12,15H,4-6H2,1-3H3. The van der Waals surface area contributed by atoms with Crippen molar-refractivity contribution >= 4 is 0 Å². The first-order chi connectivity index (χ1) is 7.27. The van der Waals surface area contributed by atoms with Gasteiger partial charge in [0, 0.05) is 24.0 Å². The molecule has 2 unspecified atom stereocenters. The van der Waals surface area contributed by atoms with Gasteiger partial charge in [-0.1, -0.05) is 27.2 Å². The summed E-state index contributed by atoms with van der Waals surface area (Å²) in [5, 5.41) is 3.48. The highest BCUT2D eigenvalue weighted by molar-refractivity contribution is 5.09. The fraction of sp³-hybridized carbons (Fsp3) is 0.667. The van der Waals surface area contributed by atoms with Crippen molar-refractivity contribution in [1.29, 1.82) is 0 Å². The average Bonchev–Trinajstić information content (AvgIpc) is 2.29. The van der Waals surface area contributed by atoms with E-state index >= 15 is 0 Å². The van der Waals surface area contributed by atoms with Crippen LogP contribution in [0.25, 0.3) is 0 Å². The SMILES string of the molecule is CCNC(CC(C)CC)c1cncnc1. The molecular weight excluding hydrogens is 186 g/mol. The average molecular weight is 207 g/mol. The fourth-order valence-corrected chi connectivity index (χ4v) is 1.64. The number of rotatable bonds is 6. The van der Waals surface area contributed by atoms with Gasteiger partial charge in [0.2, 0.25) is 0 Å².